The fourth-order valence-electron chi connectivity index (χ4n) is 1.65. The van der Waals surface area contributed by atoms with Gasteiger partial charge in [-0.2, -0.15) is 0 Å². The molecule has 1 unspecified atom stereocenters. The molecule has 1 aromatic carbocycles. The summed E-state index contributed by atoms with van der Waals surface area (Å²) in [5, 5.41) is 5.32. The Bertz CT molecular complexity index is 425. The van der Waals surface area contributed by atoms with Gasteiger partial charge in [0.15, 0.2) is 0 Å². The zero-order chi connectivity index (χ0) is 11.4. The van der Waals surface area contributed by atoms with Crippen LogP contribution in [0.15, 0.2) is 35.2 Å². The first-order valence-corrected chi connectivity index (χ1v) is 5.98. The molecule has 0 aliphatic rings. The normalized spacial score (nSPS) is 12.4. The molecule has 2 aromatic rings. The van der Waals surface area contributed by atoms with Gasteiger partial charge in [0.05, 0.1) is 24.4 Å². The van der Waals surface area contributed by atoms with Gasteiger partial charge >= 0.3 is 0 Å². The van der Waals surface area contributed by atoms with Crippen LogP contribution in [0.2, 0.25) is 0 Å². The van der Waals surface area contributed by atoms with Crippen molar-refractivity contribution in [1.82, 2.24) is 10.3 Å². The fourth-order valence-corrected chi connectivity index (χ4v) is 2.23. The van der Waals surface area contributed by atoms with Crippen molar-refractivity contribution in [2.24, 2.45) is 0 Å². The zero-order valence-electron chi connectivity index (χ0n) is 9.31. The van der Waals surface area contributed by atoms with Gasteiger partial charge in [0.2, 0.25) is 0 Å². The van der Waals surface area contributed by atoms with Gasteiger partial charge in [0, 0.05) is 5.38 Å². The van der Waals surface area contributed by atoms with Crippen molar-refractivity contribution in [2.75, 3.05) is 14.2 Å². The molecular weight excluding hydrogens is 220 g/mol. The van der Waals surface area contributed by atoms with E-state index in [1.54, 1.807) is 18.4 Å². The maximum Gasteiger partial charge on any atom is 0.118 e. The summed E-state index contributed by atoms with van der Waals surface area (Å²) < 4.78 is 5.14. The molecule has 0 spiro atoms. The Kier molecular flexibility index (Phi) is 3.54. The molecule has 1 atom stereocenters. The number of rotatable bonds is 4. The van der Waals surface area contributed by atoms with Crippen molar-refractivity contribution >= 4 is 11.3 Å². The summed E-state index contributed by atoms with van der Waals surface area (Å²) in [5.74, 6) is 0.872. The summed E-state index contributed by atoms with van der Waals surface area (Å²) >= 11 is 1.61. The molecule has 0 fully saturated rings. The molecule has 2 rings (SSSR count). The van der Waals surface area contributed by atoms with Gasteiger partial charge in [-0.05, 0) is 24.7 Å². The molecule has 0 bridgehead atoms. The molecule has 1 N–H and O–H groups in total. The lowest BCUT2D eigenvalue weighted by Crippen LogP contribution is -2.17. The predicted octanol–water partition coefficient (Wildman–Crippen LogP) is 2.46. The number of ether oxygens (including phenoxy) is 1. The molecule has 4 heteroatoms. The molecule has 0 aliphatic heterocycles. The van der Waals surface area contributed by atoms with E-state index in [1.807, 2.05) is 24.7 Å². The van der Waals surface area contributed by atoms with E-state index in [-0.39, 0.29) is 6.04 Å². The van der Waals surface area contributed by atoms with Crippen LogP contribution in [0.1, 0.15) is 17.3 Å². The third kappa shape index (κ3) is 2.23. The van der Waals surface area contributed by atoms with Crippen LogP contribution in [0, 0.1) is 0 Å². The predicted molar refractivity (Wildman–Crippen MR) is 66.0 cm³/mol. The first-order valence-electron chi connectivity index (χ1n) is 5.04. The first-order chi connectivity index (χ1) is 7.85. The van der Waals surface area contributed by atoms with E-state index in [0.717, 1.165) is 11.4 Å². The van der Waals surface area contributed by atoms with Crippen molar-refractivity contribution in [3.63, 3.8) is 0 Å². The van der Waals surface area contributed by atoms with Crippen LogP contribution < -0.4 is 10.1 Å². The monoisotopic (exact) mass is 234 g/mol. The number of nitrogens with zero attached hydrogens (tertiary/aromatic N) is 1. The highest BCUT2D eigenvalue weighted by atomic mass is 32.1. The second kappa shape index (κ2) is 5.09. The van der Waals surface area contributed by atoms with Crippen LogP contribution in [0.25, 0.3) is 0 Å². The van der Waals surface area contributed by atoms with Crippen LogP contribution >= 0.6 is 11.3 Å². The molecule has 0 radical (unpaired) electrons. The Balaban J connectivity index is 2.27. The lowest BCUT2D eigenvalue weighted by molar-refractivity contribution is 0.414. The summed E-state index contributed by atoms with van der Waals surface area (Å²) in [5.41, 5.74) is 4.09. The van der Waals surface area contributed by atoms with Gasteiger partial charge in [-0.25, -0.2) is 4.98 Å². The first kappa shape index (κ1) is 11.1. The van der Waals surface area contributed by atoms with E-state index in [4.69, 9.17) is 4.74 Å². The largest absolute Gasteiger partial charge is 0.497 e. The highest BCUT2D eigenvalue weighted by molar-refractivity contribution is 7.07. The number of thiazole rings is 1. The Morgan fingerprint density at radius 3 is 2.56 bits per heavy atom. The third-order valence-corrected chi connectivity index (χ3v) is 3.09. The number of nitrogens with one attached hydrogen (secondary N) is 1. The molecule has 0 aliphatic carbocycles. The summed E-state index contributed by atoms with van der Waals surface area (Å²) in [6.07, 6.45) is 0. The quantitative estimate of drug-likeness (QED) is 0.882. The van der Waals surface area contributed by atoms with Gasteiger partial charge in [-0.15, -0.1) is 11.3 Å². The highest BCUT2D eigenvalue weighted by Gasteiger charge is 2.13. The fraction of sp³-hybridized carbons (Fsp3) is 0.250. The average Bonchev–Trinajstić information content (AvgIpc) is 2.85. The lowest BCUT2D eigenvalue weighted by atomic mass is 10.0. The average molecular weight is 234 g/mol. The SMILES string of the molecule is CNC(c1ccc(OC)cc1)c1cscn1. The van der Waals surface area contributed by atoms with Crippen LogP contribution in [0.5, 0.6) is 5.75 Å². The van der Waals surface area contributed by atoms with E-state index in [0.29, 0.717) is 0 Å². The number of hydrogen-bond acceptors (Lipinski definition) is 4. The topological polar surface area (TPSA) is 34.1 Å². The molecule has 0 amide bonds. The van der Waals surface area contributed by atoms with Crippen LogP contribution in [0.4, 0.5) is 0 Å². The van der Waals surface area contributed by atoms with Gasteiger partial charge in [-0.3, -0.25) is 0 Å². The van der Waals surface area contributed by atoms with E-state index >= 15 is 0 Å². The molecular formula is C12H14N2OS. The minimum Gasteiger partial charge on any atom is -0.497 e. The van der Waals surface area contributed by atoms with E-state index in [9.17, 15) is 0 Å². The summed E-state index contributed by atoms with van der Waals surface area (Å²) in [7, 11) is 3.61. The second-order valence-electron chi connectivity index (χ2n) is 3.41. The summed E-state index contributed by atoms with van der Waals surface area (Å²) in [4.78, 5) is 4.33. The van der Waals surface area contributed by atoms with Crippen molar-refractivity contribution < 1.29 is 4.74 Å². The van der Waals surface area contributed by atoms with E-state index < -0.39 is 0 Å². The molecule has 0 saturated carbocycles. The molecule has 0 saturated heterocycles. The molecule has 84 valence electrons. The van der Waals surface area contributed by atoms with Crippen LogP contribution in [0.3, 0.4) is 0 Å². The molecule has 16 heavy (non-hydrogen) atoms. The number of benzene rings is 1. The third-order valence-electron chi connectivity index (χ3n) is 2.48. The van der Waals surface area contributed by atoms with E-state index in [1.165, 1.54) is 5.56 Å². The highest BCUT2D eigenvalue weighted by Crippen LogP contribution is 2.23. The van der Waals surface area contributed by atoms with Gasteiger partial charge in [-0.1, -0.05) is 12.1 Å². The maximum atomic E-state index is 5.14. The Morgan fingerprint density at radius 2 is 2.06 bits per heavy atom. The van der Waals surface area contributed by atoms with Crippen molar-refractivity contribution in [2.45, 2.75) is 6.04 Å². The Hall–Kier alpha value is -1.39. The van der Waals surface area contributed by atoms with Gasteiger partial charge in [0.25, 0.3) is 0 Å². The Morgan fingerprint density at radius 1 is 1.31 bits per heavy atom. The zero-order valence-corrected chi connectivity index (χ0v) is 10.1. The molecule has 1 heterocycles. The smallest absolute Gasteiger partial charge is 0.118 e. The number of hydrogen-bond donors (Lipinski definition) is 1. The minimum absolute atomic E-state index is 0.150. The number of methoxy groups -OCH3 is 1. The van der Waals surface area contributed by atoms with Gasteiger partial charge < -0.3 is 10.1 Å². The van der Waals surface area contributed by atoms with Gasteiger partial charge in [0.1, 0.15) is 5.75 Å². The summed E-state index contributed by atoms with van der Waals surface area (Å²) in [6.45, 7) is 0. The van der Waals surface area contributed by atoms with Crippen molar-refractivity contribution in [3.05, 3.63) is 46.4 Å². The molecule has 1 aromatic heterocycles. The van der Waals surface area contributed by atoms with E-state index in [2.05, 4.69) is 27.8 Å². The van der Waals surface area contributed by atoms with Crippen molar-refractivity contribution in [3.8, 4) is 5.75 Å². The minimum atomic E-state index is 0.150. The van der Waals surface area contributed by atoms with Crippen LogP contribution in [-0.2, 0) is 0 Å². The Labute approximate surface area is 99.1 Å². The number of aromatic nitrogens is 1. The van der Waals surface area contributed by atoms with Crippen molar-refractivity contribution in [1.29, 1.82) is 0 Å². The summed E-state index contributed by atoms with van der Waals surface area (Å²) in [6, 6.07) is 8.19. The van der Waals surface area contributed by atoms with Crippen LogP contribution in [-0.4, -0.2) is 19.1 Å². The molecule has 3 nitrogen and oxygen atoms in total. The maximum absolute atomic E-state index is 5.14. The lowest BCUT2D eigenvalue weighted by Gasteiger charge is -2.14. The second-order valence-corrected chi connectivity index (χ2v) is 4.13. The standard InChI is InChI=1S/C12H14N2OS/c1-13-12(11-7-16-8-14-11)9-3-5-10(15-2)6-4-9/h3-8,12-13H,1-2H3.